The minimum Gasteiger partial charge on any atom is -0.444 e. The summed E-state index contributed by atoms with van der Waals surface area (Å²) in [6.07, 6.45) is 0.393. The normalized spacial score (nSPS) is 29.7. The van der Waals surface area contributed by atoms with Crippen LogP contribution < -0.4 is 0 Å². The number of ether oxygens (including phenoxy) is 1. The van der Waals surface area contributed by atoms with E-state index in [9.17, 15) is 4.79 Å². The fourth-order valence-electron chi connectivity index (χ4n) is 2.26. The van der Waals surface area contributed by atoms with Crippen LogP contribution in [-0.2, 0) is 9.57 Å². The fraction of sp³-hybridized carbons (Fsp3) is 0.833. The Bertz CT molecular complexity index is 414. The van der Waals surface area contributed by atoms with Crippen molar-refractivity contribution in [3.05, 3.63) is 0 Å². The molecule has 18 heavy (non-hydrogen) atoms. The van der Waals surface area contributed by atoms with Gasteiger partial charge in [-0.15, -0.1) is 0 Å². The lowest BCUT2D eigenvalue weighted by molar-refractivity contribution is -0.206. The van der Waals surface area contributed by atoms with E-state index < -0.39 is 16.7 Å². The smallest absolute Gasteiger partial charge is 0.411 e. The van der Waals surface area contributed by atoms with Crippen molar-refractivity contribution in [3.63, 3.8) is 0 Å². The van der Waals surface area contributed by atoms with E-state index in [0.717, 1.165) is 4.62 Å². The number of oxime groups is 1. The van der Waals surface area contributed by atoms with Gasteiger partial charge in [-0.3, -0.25) is 4.90 Å². The van der Waals surface area contributed by atoms with Crippen molar-refractivity contribution < 1.29 is 14.4 Å². The molecule has 0 aromatic carbocycles. The standard InChI is InChI=1S/C12H19BrN2O3/c1-10(2,3)17-9(16)15-7-12(11(15,4)5)6-8(13)14-18-12/h6-7H2,1-5H3. The Morgan fingerprint density at radius 1 is 1.50 bits per heavy atom. The fourth-order valence-corrected chi connectivity index (χ4v) is 2.79. The van der Waals surface area contributed by atoms with Crippen molar-refractivity contribution in [1.82, 2.24) is 4.90 Å². The van der Waals surface area contributed by atoms with Gasteiger partial charge >= 0.3 is 6.09 Å². The van der Waals surface area contributed by atoms with Crippen LogP contribution in [0.3, 0.4) is 0 Å². The minimum atomic E-state index is -0.483. The molecule has 1 saturated heterocycles. The lowest BCUT2D eigenvalue weighted by atomic mass is 9.71. The van der Waals surface area contributed by atoms with Gasteiger partial charge in [-0.1, -0.05) is 5.16 Å². The first-order valence-electron chi connectivity index (χ1n) is 5.99. The zero-order chi connectivity index (χ0) is 13.8. The number of rotatable bonds is 0. The topological polar surface area (TPSA) is 51.1 Å². The average Bonchev–Trinajstić information content (AvgIpc) is 2.56. The summed E-state index contributed by atoms with van der Waals surface area (Å²) in [5.74, 6) is 0. The highest BCUT2D eigenvalue weighted by Crippen LogP contribution is 2.48. The Hall–Kier alpha value is -0.780. The third-order valence-corrected chi connectivity index (χ3v) is 3.99. The molecule has 1 amide bonds. The molecule has 2 aliphatic heterocycles. The largest absolute Gasteiger partial charge is 0.444 e. The summed E-state index contributed by atoms with van der Waals surface area (Å²) >= 11 is 3.34. The van der Waals surface area contributed by atoms with Crippen molar-refractivity contribution in [2.24, 2.45) is 5.16 Å². The molecule has 102 valence electrons. The molecule has 1 spiro atoms. The van der Waals surface area contributed by atoms with Crippen LogP contribution in [-0.4, -0.2) is 38.9 Å². The van der Waals surface area contributed by atoms with E-state index in [1.807, 2.05) is 34.6 Å². The summed E-state index contributed by atoms with van der Waals surface area (Å²) in [6.45, 7) is 10.0. The Morgan fingerprint density at radius 2 is 2.11 bits per heavy atom. The Labute approximate surface area is 116 Å². The highest BCUT2D eigenvalue weighted by atomic mass is 79.9. The van der Waals surface area contributed by atoms with Crippen LogP contribution in [0.2, 0.25) is 0 Å². The van der Waals surface area contributed by atoms with Crippen molar-refractivity contribution in [3.8, 4) is 0 Å². The molecule has 1 fully saturated rings. The number of likely N-dealkylation sites (tertiary alicyclic amines) is 1. The first-order chi connectivity index (χ1) is 8.07. The number of nitrogens with zero attached hydrogens (tertiary/aromatic N) is 2. The second kappa shape index (κ2) is 3.85. The van der Waals surface area contributed by atoms with Gasteiger partial charge in [-0.2, -0.15) is 0 Å². The number of hydrogen-bond donors (Lipinski definition) is 0. The summed E-state index contributed by atoms with van der Waals surface area (Å²) in [6, 6.07) is 0. The van der Waals surface area contributed by atoms with E-state index >= 15 is 0 Å². The van der Waals surface area contributed by atoms with Crippen LogP contribution in [0, 0.1) is 0 Å². The number of hydrogen-bond acceptors (Lipinski definition) is 4. The van der Waals surface area contributed by atoms with E-state index in [-0.39, 0.29) is 6.09 Å². The second-order valence-corrected chi connectivity index (χ2v) is 7.27. The molecular weight excluding hydrogens is 300 g/mol. The molecule has 6 heteroatoms. The average molecular weight is 319 g/mol. The molecule has 5 nitrogen and oxygen atoms in total. The summed E-state index contributed by atoms with van der Waals surface area (Å²) in [5.41, 5.74) is -1.32. The van der Waals surface area contributed by atoms with E-state index in [4.69, 9.17) is 9.57 Å². The summed E-state index contributed by atoms with van der Waals surface area (Å²) < 4.78 is 6.18. The monoisotopic (exact) mass is 318 g/mol. The van der Waals surface area contributed by atoms with Gasteiger partial charge in [0.1, 0.15) is 10.2 Å². The number of carbonyl (C=O) groups is 1. The number of amides is 1. The van der Waals surface area contributed by atoms with Gasteiger partial charge in [0.2, 0.25) is 0 Å². The molecule has 0 N–H and O–H groups in total. The van der Waals surface area contributed by atoms with E-state index in [1.54, 1.807) is 4.90 Å². The molecule has 0 aromatic rings. The van der Waals surface area contributed by atoms with Crippen LogP contribution in [0.4, 0.5) is 4.79 Å². The summed E-state index contributed by atoms with van der Waals surface area (Å²) in [7, 11) is 0. The molecular formula is C12H19BrN2O3. The maximum atomic E-state index is 12.1. The van der Waals surface area contributed by atoms with Crippen molar-refractivity contribution in [2.45, 2.75) is 57.8 Å². The molecule has 0 aromatic heterocycles. The van der Waals surface area contributed by atoms with Crippen molar-refractivity contribution in [1.29, 1.82) is 0 Å². The predicted octanol–water partition coefficient (Wildman–Crippen LogP) is 2.88. The molecule has 0 bridgehead atoms. The SMILES string of the molecule is CC(C)(C)OC(=O)N1CC2(CC(Br)=NO2)C1(C)C. The zero-order valence-corrected chi connectivity index (χ0v) is 13.0. The van der Waals surface area contributed by atoms with Gasteiger partial charge in [0, 0.05) is 6.42 Å². The predicted molar refractivity (Wildman–Crippen MR) is 71.8 cm³/mol. The number of carbonyl (C=O) groups excluding carboxylic acids is 1. The molecule has 1 atom stereocenters. The quantitative estimate of drug-likeness (QED) is 0.690. The molecule has 0 radical (unpaired) electrons. The first-order valence-corrected chi connectivity index (χ1v) is 6.78. The maximum absolute atomic E-state index is 12.1. The van der Waals surface area contributed by atoms with Gasteiger partial charge < -0.3 is 9.57 Å². The van der Waals surface area contributed by atoms with Gasteiger partial charge in [0.15, 0.2) is 5.60 Å². The molecule has 2 aliphatic rings. The zero-order valence-electron chi connectivity index (χ0n) is 11.4. The molecule has 2 rings (SSSR count). The lowest BCUT2D eigenvalue weighted by Gasteiger charge is -2.59. The minimum absolute atomic E-state index is 0.301. The third kappa shape index (κ3) is 2.00. The Balaban J connectivity index is 2.06. The molecule has 0 saturated carbocycles. The summed E-state index contributed by atoms with van der Waals surface area (Å²) in [5, 5.41) is 3.93. The second-order valence-electron chi connectivity index (χ2n) is 6.36. The highest BCUT2D eigenvalue weighted by molar-refractivity contribution is 9.18. The van der Waals surface area contributed by atoms with Gasteiger partial charge in [-0.25, -0.2) is 4.79 Å². The summed E-state index contributed by atoms with van der Waals surface area (Å²) in [4.78, 5) is 19.3. The van der Waals surface area contributed by atoms with Gasteiger partial charge in [0.05, 0.1) is 12.1 Å². The van der Waals surface area contributed by atoms with Crippen LogP contribution in [0.1, 0.15) is 41.0 Å². The Kier molecular flexibility index (Phi) is 2.92. The van der Waals surface area contributed by atoms with Gasteiger partial charge in [-0.05, 0) is 50.5 Å². The van der Waals surface area contributed by atoms with Crippen molar-refractivity contribution in [2.75, 3.05) is 6.54 Å². The van der Waals surface area contributed by atoms with E-state index in [0.29, 0.717) is 13.0 Å². The van der Waals surface area contributed by atoms with Crippen LogP contribution in [0.25, 0.3) is 0 Å². The first kappa shape index (κ1) is 13.6. The van der Waals surface area contributed by atoms with Gasteiger partial charge in [0.25, 0.3) is 0 Å². The number of halogens is 1. The molecule has 2 heterocycles. The molecule has 0 aliphatic carbocycles. The maximum Gasteiger partial charge on any atom is 0.411 e. The molecule has 1 unspecified atom stereocenters. The van der Waals surface area contributed by atoms with Crippen LogP contribution >= 0.6 is 15.9 Å². The third-order valence-electron chi connectivity index (χ3n) is 3.57. The lowest BCUT2D eigenvalue weighted by Crippen LogP contribution is -2.77. The highest BCUT2D eigenvalue weighted by Gasteiger charge is 2.66. The van der Waals surface area contributed by atoms with E-state index in [2.05, 4.69) is 21.1 Å². The Morgan fingerprint density at radius 3 is 2.50 bits per heavy atom. The van der Waals surface area contributed by atoms with Crippen molar-refractivity contribution >= 4 is 26.6 Å². The van der Waals surface area contributed by atoms with Crippen LogP contribution in [0.5, 0.6) is 0 Å². The van der Waals surface area contributed by atoms with E-state index in [1.165, 1.54) is 0 Å². The van der Waals surface area contributed by atoms with Crippen LogP contribution in [0.15, 0.2) is 5.16 Å².